The maximum absolute atomic E-state index is 9.91. The summed E-state index contributed by atoms with van der Waals surface area (Å²) in [6, 6.07) is 19.9. The summed E-state index contributed by atoms with van der Waals surface area (Å²) in [6.45, 7) is 6.26. The predicted octanol–water partition coefficient (Wildman–Crippen LogP) is 6.48. The lowest BCUT2D eigenvalue weighted by Crippen LogP contribution is -2.02. The maximum atomic E-state index is 9.91. The van der Waals surface area contributed by atoms with Crippen LogP contribution in [-0.4, -0.2) is 12.2 Å². The Labute approximate surface area is 171 Å². The number of fused-ring (bicyclic) bond motifs is 1. The van der Waals surface area contributed by atoms with E-state index in [9.17, 15) is 5.11 Å². The number of anilines is 1. The van der Waals surface area contributed by atoms with E-state index in [1.54, 1.807) is 13.1 Å². The number of rotatable bonds is 6. The second-order valence-corrected chi connectivity index (χ2v) is 6.94. The van der Waals surface area contributed by atoms with Crippen LogP contribution in [0.2, 0.25) is 0 Å². The number of phenols is 1. The number of hydroxylamine groups is 1. The number of aromatic hydroxyl groups is 1. The normalized spacial score (nSPS) is 11.1. The van der Waals surface area contributed by atoms with E-state index in [1.807, 2.05) is 48.5 Å². The lowest BCUT2D eigenvalue weighted by Gasteiger charge is -2.06. The first-order valence-corrected chi connectivity index (χ1v) is 9.99. The Morgan fingerprint density at radius 1 is 1.07 bits per heavy atom. The minimum Gasteiger partial charge on any atom is -0.507 e. The van der Waals surface area contributed by atoms with Crippen LogP contribution < -0.4 is 10.2 Å². The van der Waals surface area contributed by atoms with Crippen molar-refractivity contribution in [3.8, 4) is 5.75 Å². The molecular weight excluding hydrogens is 368 g/mol. The van der Waals surface area contributed by atoms with Gasteiger partial charge in [0.2, 0.25) is 0 Å². The van der Waals surface area contributed by atoms with Crippen LogP contribution in [0.3, 0.4) is 0 Å². The molecule has 0 aliphatic carbocycles. The van der Waals surface area contributed by atoms with Gasteiger partial charge in [0, 0.05) is 18.3 Å². The largest absolute Gasteiger partial charge is 0.507 e. The summed E-state index contributed by atoms with van der Waals surface area (Å²) in [4.78, 5) is 0. The lowest BCUT2D eigenvalue weighted by molar-refractivity contribution is 0.273. The first-order valence-electron chi connectivity index (χ1n) is 9.25. The van der Waals surface area contributed by atoms with Crippen LogP contribution >= 0.6 is 12.2 Å². The zero-order valence-corrected chi connectivity index (χ0v) is 17.6. The standard InChI is InChI=1S/C15H16O.C8H12N2OS/c1-3-11(2)10-14-13-7-5-4-6-12(13)8-9-15(14)16;1-7-3-5-8(6-4-7)10-12-11-9-2/h4-10,16H,3H2,1-2H3;3-6,9-10H,1-2H3. The Balaban J connectivity index is 0.000000209. The third kappa shape index (κ3) is 6.60. The monoisotopic (exact) mass is 396 g/mol. The number of benzene rings is 3. The molecule has 28 heavy (non-hydrogen) atoms. The highest BCUT2D eigenvalue weighted by atomic mass is 32.2. The number of allylic oxidation sites excluding steroid dienone is 1. The number of hydrogen-bond acceptors (Lipinski definition) is 5. The number of hydrogen-bond donors (Lipinski definition) is 3. The highest BCUT2D eigenvalue weighted by molar-refractivity contribution is 7.95. The summed E-state index contributed by atoms with van der Waals surface area (Å²) < 4.78 is 7.83. The summed E-state index contributed by atoms with van der Waals surface area (Å²) in [5.41, 5.74) is 7.03. The van der Waals surface area contributed by atoms with Gasteiger partial charge in [-0.2, -0.15) is 5.48 Å². The van der Waals surface area contributed by atoms with Gasteiger partial charge in [0.1, 0.15) is 18.0 Å². The molecule has 3 aromatic rings. The third-order valence-electron chi connectivity index (χ3n) is 4.23. The molecule has 0 fully saturated rings. The average Bonchev–Trinajstić information content (AvgIpc) is 2.72. The highest BCUT2D eigenvalue weighted by Crippen LogP contribution is 2.29. The minimum absolute atomic E-state index is 0.353. The minimum atomic E-state index is 0.353. The van der Waals surface area contributed by atoms with Gasteiger partial charge in [-0.1, -0.05) is 66.6 Å². The van der Waals surface area contributed by atoms with E-state index in [2.05, 4.69) is 43.1 Å². The molecule has 0 aliphatic heterocycles. The van der Waals surface area contributed by atoms with Crippen LogP contribution in [0.25, 0.3) is 16.8 Å². The Bertz CT molecular complexity index is 908. The first-order chi connectivity index (χ1) is 13.5. The van der Waals surface area contributed by atoms with Crippen molar-refractivity contribution in [1.29, 1.82) is 0 Å². The second kappa shape index (κ2) is 11.4. The summed E-state index contributed by atoms with van der Waals surface area (Å²) in [6.07, 6.45) is 3.07. The molecule has 0 bridgehead atoms. The van der Waals surface area contributed by atoms with Crippen molar-refractivity contribution >= 4 is 34.8 Å². The molecule has 4 nitrogen and oxygen atoms in total. The van der Waals surface area contributed by atoms with Gasteiger partial charge in [0.25, 0.3) is 0 Å². The highest BCUT2D eigenvalue weighted by Gasteiger charge is 2.03. The SMILES string of the molecule is CCC(C)=Cc1c(O)ccc2ccccc12.CNOSNc1ccc(C)cc1. The van der Waals surface area contributed by atoms with Crippen molar-refractivity contribution in [1.82, 2.24) is 5.48 Å². The number of nitrogens with one attached hydrogen (secondary N) is 2. The van der Waals surface area contributed by atoms with Gasteiger partial charge in [-0.3, -0.25) is 0 Å². The molecule has 5 heteroatoms. The summed E-state index contributed by atoms with van der Waals surface area (Å²) >= 11 is 1.15. The molecule has 148 valence electrons. The van der Waals surface area contributed by atoms with Gasteiger partial charge in [-0.15, -0.1) is 0 Å². The van der Waals surface area contributed by atoms with Crippen LogP contribution in [0.4, 0.5) is 5.69 Å². The van der Waals surface area contributed by atoms with Crippen molar-refractivity contribution in [3.05, 3.63) is 77.4 Å². The fraction of sp³-hybridized carbons (Fsp3) is 0.217. The number of aryl methyl sites for hydroxylation is 1. The molecule has 0 unspecified atom stereocenters. The Kier molecular flexibility index (Phi) is 8.88. The van der Waals surface area contributed by atoms with Crippen molar-refractivity contribution in [2.75, 3.05) is 11.8 Å². The summed E-state index contributed by atoms with van der Waals surface area (Å²) in [5, 5.41) is 12.2. The van der Waals surface area contributed by atoms with Crippen molar-refractivity contribution in [2.24, 2.45) is 0 Å². The van der Waals surface area contributed by atoms with E-state index in [-0.39, 0.29) is 0 Å². The Morgan fingerprint density at radius 3 is 2.46 bits per heavy atom. The molecule has 3 N–H and O–H groups in total. The fourth-order valence-corrected chi connectivity index (χ4v) is 2.87. The van der Waals surface area contributed by atoms with Crippen molar-refractivity contribution in [2.45, 2.75) is 27.2 Å². The zero-order chi connectivity index (χ0) is 20.4. The zero-order valence-electron chi connectivity index (χ0n) is 16.8. The molecule has 0 saturated heterocycles. The molecule has 3 aromatic carbocycles. The van der Waals surface area contributed by atoms with E-state index >= 15 is 0 Å². The van der Waals surface area contributed by atoms with Crippen LogP contribution in [0.5, 0.6) is 5.75 Å². The molecule has 0 saturated carbocycles. The molecule has 0 spiro atoms. The molecule has 0 heterocycles. The average molecular weight is 397 g/mol. The summed E-state index contributed by atoms with van der Waals surface area (Å²) in [7, 11) is 1.71. The lowest BCUT2D eigenvalue weighted by atomic mass is 10.0. The van der Waals surface area contributed by atoms with E-state index in [0.717, 1.165) is 40.7 Å². The van der Waals surface area contributed by atoms with Crippen LogP contribution in [0.15, 0.2) is 66.2 Å². The first kappa shape index (κ1) is 21.8. The maximum Gasteiger partial charge on any atom is 0.132 e. The Morgan fingerprint density at radius 2 is 1.79 bits per heavy atom. The van der Waals surface area contributed by atoms with E-state index in [1.165, 1.54) is 11.1 Å². The quantitative estimate of drug-likeness (QED) is 0.193. The van der Waals surface area contributed by atoms with Crippen LogP contribution in [0.1, 0.15) is 31.4 Å². The van der Waals surface area contributed by atoms with Gasteiger partial charge in [-0.25, -0.2) is 4.28 Å². The fourth-order valence-electron chi connectivity index (χ4n) is 2.52. The third-order valence-corrected chi connectivity index (χ3v) is 4.80. The summed E-state index contributed by atoms with van der Waals surface area (Å²) in [5.74, 6) is 0.353. The van der Waals surface area contributed by atoms with Crippen molar-refractivity contribution < 1.29 is 9.39 Å². The van der Waals surface area contributed by atoms with Crippen molar-refractivity contribution in [3.63, 3.8) is 0 Å². The molecule has 0 amide bonds. The van der Waals surface area contributed by atoms with Gasteiger partial charge in [-0.05, 0) is 49.2 Å². The molecular formula is C23H28N2O2S. The molecule has 0 aliphatic rings. The van der Waals surface area contributed by atoms with E-state index in [4.69, 9.17) is 4.28 Å². The molecule has 0 radical (unpaired) electrons. The number of phenolic OH excluding ortho intramolecular Hbond substituents is 1. The smallest absolute Gasteiger partial charge is 0.132 e. The van der Waals surface area contributed by atoms with Crippen LogP contribution in [0, 0.1) is 6.92 Å². The van der Waals surface area contributed by atoms with E-state index < -0.39 is 0 Å². The van der Waals surface area contributed by atoms with Gasteiger partial charge >= 0.3 is 0 Å². The van der Waals surface area contributed by atoms with E-state index in [0.29, 0.717) is 5.75 Å². The second-order valence-electron chi connectivity index (χ2n) is 6.40. The molecule has 0 atom stereocenters. The van der Waals surface area contributed by atoms with Gasteiger partial charge < -0.3 is 9.83 Å². The topological polar surface area (TPSA) is 53.5 Å². The predicted molar refractivity (Wildman–Crippen MR) is 122 cm³/mol. The molecule has 3 rings (SSSR count). The molecule has 0 aromatic heterocycles. The Hall–Kier alpha value is -2.47. The van der Waals surface area contributed by atoms with Crippen LogP contribution in [-0.2, 0) is 4.28 Å². The van der Waals surface area contributed by atoms with Gasteiger partial charge in [0.05, 0.1) is 0 Å². The van der Waals surface area contributed by atoms with Gasteiger partial charge in [0.15, 0.2) is 0 Å².